The topological polar surface area (TPSA) is 54.2 Å². The molecule has 0 atom stereocenters. The molecule has 0 unspecified atom stereocenters. The van der Waals surface area contributed by atoms with Crippen LogP contribution in [0, 0.1) is 5.92 Å². The van der Waals surface area contributed by atoms with Crippen LogP contribution >= 0.6 is 0 Å². The molecule has 0 spiro atoms. The van der Waals surface area contributed by atoms with E-state index in [0.29, 0.717) is 5.92 Å². The Kier molecular flexibility index (Phi) is 4.72. The van der Waals surface area contributed by atoms with Gasteiger partial charge in [0.25, 0.3) is 0 Å². The van der Waals surface area contributed by atoms with Crippen molar-refractivity contribution < 1.29 is 4.52 Å². The van der Waals surface area contributed by atoms with E-state index in [1.54, 1.807) is 0 Å². The molecule has 0 amide bonds. The summed E-state index contributed by atoms with van der Waals surface area (Å²) in [5.41, 5.74) is 0. The van der Waals surface area contributed by atoms with Crippen molar-refractivity contribution in [1.82, 2.24) is 20.4 Å². The van der Waals surface area contributed by atoms with Crippen LogP contribution in [0.2, 0.25) is 0 Å². The molecule has 1 aromatic heterocycles. The van der Waals surface area contributed by atoms with Gasteiger partial charge in [-0.15, -0.1) is 0 Å². The van der Waals surface area contributed by atoms with Crippen LogP contribution in [-0.2, 0) is 6.54 Å². The van der Waals surface area contributed by atoms with Gasteiger partial charge in [0.2, 0.25) is 5.89 Å². The number of likely N-dealkylation sites (tertiary alicyclic amines) is 1. The van der Waals surface area contributed by atoms with Crippen LogP contribution < -0.4 is 5.32 Å². The summed E-state index contributed by atoms with van der Waals surface area (Å²) >= 11 is 0. The van der Waals surface area contributed by atoms with Crippen molar-refractivity contribution in [3.8, 4) is 0 Å². The first kappa shape index (κ1) is 13.5. The Labute approximate surface area is 109 Å². The second-order valence-corrected chi connectivity index (χ2v) is 5.48. The number of hydrogen-bond acceptors (Lipinski definition) is 5. The van der Waals surface area contributed by atoms with Gasteiger partial charge in [-0.1, -0.05) is 19.0 Å². The van der Waals surface area contributed by atoms with Crippen molar-refractivity contribution in [3.05, 3.63) is 11.7 Å². The van der Waals surface area contributed by atoms with Crippen LogP contribution in [0.15, 0.2) is 4.52 Å². The van der Waals surface area contributed by atoms with E-state index in [0.717, 1.165) is 43.8 Å². The third-order valence-corrected chi connectivity index (χ3v) is 3.56. The lowest BCUT2D eigenvalue weighted by Crippen LogP contribution is -2.36. The molecular formula is C13H24N4O. The molecule has 1 aliphatic heterocycles. The molecule has 1 aliphatic rings. The van der Waals surface area contributed by atoms with Gasteiger partial charge in [0, 0.05) is 5.92 Å². The molecule has 1 N–H and O–H groups in total. The molecule has 0 bridgehead atoms. The second kappa shape index (κ2) is 6.29. The van der Waals surface area contributed by atoms with Crippen molar-refractivity contribution in [2.45, 2.75) is 39.2 Å². The van der Waals surface area contributed by atoms with Crippen molar-refractivity contribution in [1.29, 1.82) is 0 Å². The third-order valence-electron chi connectivity index (χ3n) is 3.56. The van der Waals surface area contributed by atoms with Gasteiger partial charge < -0.3 is 9.84 Å². The highest BCUT2D eigenvalue weighted by molar-refractivity contribution is 4.92. The van der Waals surface area contributed by atoms with Crippen LogP contribution in [0.5, 0.6) is 0 Å². The average Bonchev–Trinajstić information content (AvgIpc) is 2.81. The normalized spacial score (nSPS) is 18.7. The lowest BCUT2D eigenvalue weighted by atomic mass is 9.97. The van der Waals surface area contributed by atoms with Gasteiger partial charge in [-0.25, -0.2) is 0 Å². The van der Waals surface area contributed by atoms with Crippen molar-refractivity contribution in [2.24, 2.45) is 5.92 Å². The number of hydrogen-bond donors (Lipinski definition) is 1. The van der Waals surface area contributed by atoms with E-state index < -0.39 is 0 Å². The Hall–Kier alpha value is -0.940. The van der Waals surface area contributed by atoms with Crippen molar-refractivity contribution in [2.75, 3.05) is 26.7 Å². The monoisotopic (exact) mass is 252 g/mol. The molecule has 1 saturated heterocycles. The minimum Gasteiger partial charge on any atom is -0.338 e. The molecule has 102 valence electrons. The molecular weight excluding hydrogens is 228 g/mol. The van der Waals surface area contributed by atoms with E-state index >= 15 is 0 Å². The predicted molar refractivity (Wildman–Crippen MR) is 70.3 cm³/mol. The molecule has 18 heavy (non-hydrogen) atoms. The Morgan fingerprint density at radius 1 is 1.39 bits per heavy atom. The second-order valence-electron chi connectivity index (χ2n) is 5.48. The molecule has 0 radical (unpaired) electrons. The molecule has 2 rings (SSSR count). The molecule has 0 aliphatic carbocycles. The average molecular weight is 252 g/mol. The van der Waals surface area contributed by atoms with Gasteiger partial charge in [0.1, 0.15) is 0 Å². The van der Waals surface area contributed by atoms with Crippen LogP contribution in [0.3, 0.4) is 0 Å². The first-order valence-electron chi connectivity index (χ1n) is 6.88. The Balaban J connectivity index is 1.80. The van der Waals surface area contributed by atoms with Gasteiger partial charge in [-0.05, 0) is 45.4 Å². The van der Waals surface area contributed by atoms with Gasteiger partial charge in [-0.2, -0.15) is 4.98 Å². The molecule has 1 aromatic rings. The first-order chi connectivity index (χ1) is 8.69. The minimum atomic E-state index is 0.337. The number of nitrogens with zero attached hydrogens (tertiary/aromatic N) is 3. The van der Waals surface area contributed by atoms with Crippen LogP contribution in [-0.4, -0.2) is 41.7 Å². The van der Waals surface area contributed by atoms with Gasteiger partial charge in [0.15, 0.2) is 5.82 Å². The number of rotatable bonds is 5. The molecule has 5 heteroatoms. The van der Waals surface area contributed by atoms with E-state index in [-0.39, 0.29) is 0 Å². The molecule has 2 heterocycles. The molecule has 0 saturated carbocycles. The lowest BCUT2D eigenvalue weighted by molar-refractivity contribution is 0.158. The largest absolute Gasteiger partial charge is 0.338 e. The maximum Gasteiger partial charge on any atom is 0.240 e. The fourth-order valence-corrected chi connectivity index (χ4v) is 2.40. The zero-order valence-electron chi connectivity index (χ0n) is 11.6. The summed E-state index contributed by atoms with van der Waals surface area (Å²) in [7, 11) is 2.03. The van der Waals surface area contributed by atoms with Crippen LogP contribution in [0.25, 0.3) is 0 Å². The van der Waals surface area contributed by atoms with E-state index in [1.165, 1.54) is 12.8 Å². The molecule has 0 aromatic carbocycles. The number of nitrogens with one attached hydrogen (secondary N) is 1. The smallest absolute Gasteiger partial charge is 0.240 e. The summed E-state index contributed by atoms with van der Waals surface area (Å²) in [6.07, 6.45) is 2.51. The summed E-state index contributed by atoms with van der Waals surface area (Å²) < 4.78 is 5.29. The van der Waals surface area contributed by atoms with Crippen molar-refractivity contribution in [3.63, 3.8) is 0 Å². The standard InChI is InChI=1S/C13H24N4O/c1-10(2)13-15-12(18-16-13)9-17-6-4-11(5-7-17)8-14-3/h10-11,14H,4-9H2,1-3H3. The third kappa shape index (κ3) is 3.53. The predicted octanol–water partition coefficient (Wildman–Crippen LogP) is 1.62. The van der Waals surface area contributed by atoms with Crippen molar-refractivity contribution >= 4 is 0 Å². The van der Waals surface area contributed by atoms with Gasteiger partial charge >= 0.3 is 0 Å². The maximum absolute atomic E-state index is 5.29. The zero-order chi connectivity index (χ0) is 13.0. The SMILES string of the molecule is CNCC1CCN(Cc2nc(C(C)C)no2)CC1. The minimum absolute atomic E-state index is 0.337. The highest BCUT2D eigenvalue weighted by Crippen LogP contribution is 2.18. The van der Waals surface area contributed by atoms with E-state index in [2.05, 4.69) is 34.2 Å². The Morgan fingerprint density at radius 3 is 2.67 bits per heavy atom. The summed E-state index contributed by atoms with van der Waals surface area (Å²) in [5, 5.41) is 7.26. The highest BCUT2D eigenvalue weighted by atomic mass is 16.5. The maximum atomic E-state index is 5.29. The van der Waals surface area contributed by atoms with E-state index in [9.17, 15) is 0 Å². The summed E-state index contributed by atoms with van der Waals surface area (Å²) in [6.45, 7) is 8.35. The van der Waals surface area contributed by atoms with Crippen LogP contribution in [0.1, 0.15) is 44.3 Å². The zero-order valence-corrected chi connectivity index (χ0v) is 11.6. The fraction of sp³-hybridized carbons (Fsp3) is 0.846. The van der Waals surface area contributed by atoms with Gasteiger partial charge in [-0.3, -0.25) is 4.90 Å². The summed E-state index contributed by atoms with van der Waals surface area (Å²) in [4.78, 5) is 6.83. The Morgan fingerprint density at radius 2 is 2.11 bits per heavy atom. The first-order valence-corrected chi connectivity index (χ1v) is 6.88. The summed E-state index contributed by atoms with van der Waals surface area (Å²) in [6, 6.07) is 0. The lowest BCUT2D eigenvalue weighted by Gasteiger charge is -2.30. The highest BCUT2D eigenvalue weighted by Gasteiger charge is 2.20. The summed E-state index contributed by atoms with van der Waals surface area (Å²) in [5.74, 6) is 2.73. The number of aromatic nitrogens is 2. The quantitative estimate of drug-likeness (QED) is 0.863. The Bertz CT molecular complexity index is 356. The molecule has 5 nitrogen and oxygen atoms in total. The molecule has 1 fully saturated rings. The number of piperidine rings is 1. The fourth-order valence-electron chi connectivity index (χ4n) is 2.40. The van der Waals surface area contributed by atoms with E-state index in [1.807, 2.05) is 7.05 Å². The van der Waals surface area contributed by atoms with Crippen LogP contribution in [0.4, 0.5) is 0 Å². The van der Waals surface area contributed by atoms with E-state index in [4.69, 9.17) is 4.52 Å². The van der Waals surface area contributed by atoms with Gasteiger partial charge in [0.05, 0.1) is 6.54 Å².